The molecule has 0 aliphatic rings. The number of amides is 1. The molecule has 1 amide bonds. The van der Waals surface area contributed by atoms with Gasteiger partial charge in [0.15, 0.2) is 0 Å². The fourth-order valence-corrected chi connectivity index (χ4v) is 2.16. The monoisotopic (exact) mass is 293 g/mol. The van der Waals surface area contributed by atoms with Crippen LogP contribution >= 0.6 is 0 Å². The molecule has 6 nitrogen and oxygen atoms in total. The molecule has 6 heteroatoms. The Bertz CT molecular complexity index is 535. The lowest BCUT2D eigenvalue weighted by Crippen LogP contribution is -2.34. The summed E-state index contributed by atoms with van der Waals surface area (Å²) in [5.41, 5.74) is 0.795. The minimum Gasteiger partial charge on any atom is -0.380 e. The first kappa shape index (κ1) is 16.9. The maximum Gasteiger partial charge on any atom is 0.292 e. The predicted molar refractivity (Wildman–Crippen MR) is 83.7 cm³/mol. The number of nitrogens with one attached hydrogen (secondary N) is 1. The predicted octanol–water partition coefficient (Wildman–Crippen LogP) is 3.14. The van der Waals surface area contributed by atoms with Crippen LogP contribution in [-0.4, -0.2) is 35.9 Å². The van der Waals surface area contributed by atoms with Crippen molar-refractivity contribution in [3.05, 3.63) is 33.9 Å². The molecule has 0 bridgehead atoms. The van der Waals surface area contributed by atoms with Crippen molar-refractivity contribution in [2.24, 2.45) is 5.41 Å². The maximum atomic E-state index is 12.4. The summed E-state index contributed by atoms with van der Waals surface area (Å²) in [7, 11) is 1.74. The third kappa shape index (κ3) is 4.73. The Morgan fingerprint density at radius 1 is 1.38 bits per heavy atom. The second kappa shape index (κ2) is 6.56. The van der Waals surface area contributed by atoms with Gasteiger partial charge in [0.2, 0.25) is 0 Å². The molecule has 0 saturated heterocycles. The molecule has 0 aliphatic carbocycles. The molecule has 1 aromatic rings. The van der Waals surface area contributed by atoms with Crippen LogP contribution < -0.4 is 5.32 Å². The Hall–Kier alpha value is -2.11. The third-order valence-corrected chi connectivity index (χ3v) is 2.87. The van der Waals surface area contributed by atoms with Crippen molar-refractivity contribution in [3.63, 3.8) is 0 Å². The molecule has 21 heavy (non-hydrogen) atoms. The van der Waals surface area contributed by atoms with E-state index in [-0.39, 0.29) is 17.0 Å². The minimum atomic E-state index is -0.453. The molecule has 0 atom stereocenters. The van der Waals surface area contributed by atoms with E-state index in [1.807, 2.05) is 6.92 Å². The van der Waals surface area contributed by atoms with Crippen molar-refractivity contribution in [2.45, 2.75) is 27.7 Å². The highest BCUT2D eigenvalue weighted by Crippen LogP contribution is 2.26. The van der Waals surface area contributed by atoms with Gasteiger partial charge in [0.25, 0.3) is 11.6 Å². The van der Waals surface area contributed by atoms with Gasteiger partial charge in [0, 0.05) is 31.8 Å². The van der Waals surface area contributed by atoms with Crippen molar-refractivity contribution in [1.82, 2.24) is 4.90 Å². The molecule has 0 unspecified atom stereocenters. The lowest BCUT2D eigenvalue weighted by Gasteiger charge is -2.26. The zero-order chi connectivity index (χ0) is 16.2. The summed E-state index contributed by atoms with van der Waals surface area (Å²) in [5.74, 6) is -0.140. The van der Waals surface area contributed by atoms with Crippen molar-refractivity contribution < 1.29 is 9.72 Å². The van der Waals surface area contributed by atoms with Crippen LogP contribution in [0.4, 0.5) is 11.4 Å². The van der Waals surface area contributed by atoms with Crippen LogP contribution in [0.5, 0.6) is 0 Å². The van der Waals surface area contributed by atoms with E-state index in [0.29, 0.717) is 24.3 Å². The van der Waals surface area contributed by atoms with Gasteiger partial charge in [-0.15, -0.1) is 0 Å². The van der Waals surface area contributed by atoms with E-state index in [4.69, 9.17) is 0 Å². The van der Waals surface area contributed by atoms with E-state index in [0.717, 1.165) is 0 Å². The normalized spacial score (nSPS) is 11.1. The van der Waals surface area contributed by atoms with E-state index in [2.05, 4.69) is 26.1 Å². The van der Waals surface area contributed by atoms with Crippen molar-refractivity contribution in [2.75, 3.05) is 25.5 Å². The number of benzene rings is 1. The van der Waals surface area contributed by atoms with Gasteiger partial charge in [0.1, 0.15) is 5.69 Å². The van der Waals surface area contributed by atoms with E-state index in [9.17, 15) is 14.9 Å². The molecular formula is C15H23N3O3. The fourth-order valence-electron chi connectivity index (χ4n) is 2.16. The van der Waals surface area contributed by atoms with Crippen molar-refractivity contribution >= 4 is 17.3 Å². The number of nitro groups is 1. The average Bonchev–Trinajstić information content (AvgIpc) is 2.35. The number of hydrogen-bond donors (Lipinski definition) is 1. The van der Waals surface area contributed by atoms with Gasteiger partial charge in [-0.1, -0.05) is 20.8 Å². The van der Waals surface area contributed by atoms with Crippen LogP contribution in [0.3, 0.4) is 0 Å². The van der Waals surface area contributed by atoms with Crippen LogP contribution in [0, 0.1) is 15.5 Å². The highest BCUT2D eigenvalue weighted by atomic mass is 16.6. The largest absolute Gasteiger partial charge is 0.380 e. The van der Waals surface area contributed by atoms with Crippen LogP contribution in [0.15, 0.2) is 18.2 Å². The second-order valence-electron chi connectivity index (χ2n) is 6.24. The summed E-state index contributed by atoms with van der Waals surface area (Å²) < 4.78 is 0. The third-order valence-electron chi connectivity index (χ3n) is 2.87. The molecule has 0 radical (unpaired) electrons. The summed E-state index contributed by atoms with van der Waals surface area (Å²) in [5, 5.41) is 13.9. The van der Waals surface area contributed by atoms with Gasteiger partial charge in [-0.2, -0.15) is 0 Å². The van der Waals surface area contributed by atoms with E-state index >= 15 is 0 Å². The number of rotatable bonds is 5. The highest BCUT2D eigenvalue weighted by molar-refractivity contribution is 5.95. The molecule has 0 fully saturated rings. The Morgan fingerprint density at radius 3 is 2.48 bits per heavy atom. The van der Waals surface area contributed by atoms with Gasteiger partial charge >= 0.3 is 0 Å². The smallest absolute Gasteiger partial charge is 0.292 e. The SMILES string of the molecule is CCNc1cc(C(=O)N(C)CC(C)(C)C)ccc1[N+](=O)[O-]. The molecule has 0 spiro atoms. The number of anilines is 1. The number of hydrogen-bond acceptors (Lipinski definition) is 4. The van der Waals surface area contributed by atoms with Gasteiger partial charge in [-0.25, -0.2) is 0 Å². The Balaban J connectivity index is 3.05. The molecule has 0 saturated carbocycles. The first-order chi connectivity index (χ1) is 9.65. The summed E-state index contributed by atoms with van der Waals surface area (Å²) in [4.78, 5) is 24.5. The van der Waals surface area contributed by atoms with E-state index < -0.39 is 4.92 Å². The molecule has 1 aromatic carbocycles. The van der Waals surface area contributed by atoms with Gasteiger partial charge in [0.05, 0.1) is 4.92 Å². The number of carbonyl (C=O) groups is 1. The number of nitrogens with zero attached hydrogens (tertiary/aromatic N) is 2. The van der Waals surface area contributed by atoms with E-state index in [1.54, 1.807) is 18.0 Å². The molecule has 1 rings (SSSR count). The van der Waals surface area contributed by atoms with Gasteiger partial charge < -0.3 is 10.2 Å². The summed E-state index contributed by atoms with van der Waals surface area (Å²) in [6.45, 7) is 9.17. The quantitative estimate of drug-likeness (QED) is 0.668. The molecule has 0 aliphatic heterocycles. The summed E-state index contributed by atoms with van der Waals surface area (Å²) in [6, 6.07) is 4.42. The van der Waals surface area contributed by atoms with Crippen LogP contribution in [0.1, 0.15) is 38.1 Å². The minimum absolute atomic E-state index is 0.00428. The van der Waals surface area contributed by atoms with E-state index in [1.165, 1.54) is 12.1 Å². The number of nitro benzene ring substituents is 1. The van der Waals surface area contributed by atoms with Gasteiger partial charge in [-0.05, 0) is 24.5 Å². The Labute approximate surface area is 125 Å². The zero-order valence-corrected chi connectivity index (χ0v) is 13.3. The standard InChI is InChI=1S/C15H23N3O3/c1-6-16-12-9-11(7-8-13(12)18(20)21)14(19)17(5)10-15(2,3)4/h7-9,16H,6,10H2,1-5H3. The summed E-state index contributed by atoms with van der Waals surface area (Å²) >= 11 is 0. The lowest BCUT2D eigenvalue weighted by molar-refractivity contribution is -0.384. The second-order valence-corrected chi connectivity index (χ2v) is 6.24. The van der Waals surface area contributed by atoms with Gasteiger partial charge in [-0.3, -0.25) is 14.9 Å². The Kier molecular flexibility index (Phi) is 5.29. The van der Waals surface area contributed by atoms with Crippen molar-refractivity contribution in [3.8, 4) is 0 Å². The average molecular weight is 293 g/mol. The topological polar surface area (TPSA) is 75.5 Å². The van der Waals surface area contributed by atoms with Crippen LogP contribution in [0.2, 0.25) is 0 Å². The lowest BCUT2D eigenvalue weighted by atomic mass is 9.96. The first-order valence-electron chi connectivity index (χ1n) is 6.93. The first-order valence-corrected chi connectivity index (χ1v) is 6.93. The number of carbonyl (C=O) groups excluding carboxylic acids is 1. The Morgan fingerprint density at radius 2 is 2.00 bits per heavy atom. The molecule has 1 N–H and O–H groups in total. The van der Waals surface area contributed by atoms with Crippen molar-refractivity contribution in [1.29, 1.82) is 0 Å². The molecule has 116 valence electrons. The zero-order valence-electron chi connectivity index (χ0n) is 13.3. The molecule has 0 heterocycles. The van der Waals surface area contributed by atoms with Crippen LogP contribution in [0.25, 0.3) is 0 Å². The maximum absolute atomic E-state index is 12.4. The van der Waals surface area contributed by atoms with Crippen LogP contribution in [-0.2, 0) is 0 Å². The molecular weight excluding hydrogens is 270 g/mol. The molecule has 0 aromatic heterocycles. The highest BCUT2D eigenvalue weighted by Gasteiger charge is 2.21. The fraction of sp³-hybridized carbons (Fsp3) is 0.533. The summed E-state index contributed by atoms with van der Waals surface area (Å²) in [6.07, 6.45) is 0.